The lowest BCUT2D eigenvalue weighted by Crippen LogP contribution is -2.39. The maximum atomic E-state index is 13.9. The second-order valence-electron chi connectivity index (χ2n) is 10.4. The second kappa shape index (κ2) is 9.89. The van der Waals surface area contributed by atoms with Crippen molar-refractivity contribution < 1.29 is 33.8 Å². The molecule has 1 fully saturated rings. The Hall–Kier alpha value is -3.98. The molecule has 40 heavy (non-hydrogen) atoms. The lowest BCUT2D eigenvalue weighted by Gasteiger charge is -2.42. The van der Waals surface area contributed by atoms with Gasteiger partial charge in [0.05, 0.1) is 37.1 Å². The first-order valence-corrected chi connectivity index (χ1v) is 13.8. The number of methoxy groups -OCH3 is 2. The number of ether oxygens (including phenoxy) is 2. The fourth-order valence-corrected chi connectivity index (χ4v) is 7.18. The van der Waals surface area contributed by atoms with Crippen LogP contribution in [0.3, 0.4) is 0 Å². The molecule has 4 aliphatic rings. The summed E-state index contributed by atoms with van der Waals surface area (Å²) in [5.41, 5.74) is 2.72. The molecule has 8 nitrogen and oxygen atoms in total. The highest BCUT2D eigenvalue weighted by Crippen LogP contribution is 2.58. The average Bonchev–Trinajstić information content (AvgIpc) is 3.19. The molecular weight excluding hydrogens is 578 g/mol. The molecule has 4 atom stereocenters. The number of aromatic hydroxyl groups is 1. The number of halogens is 1. The number of phenols is 1. The molecular formula is C31H26BrNO7. The van der Waals surface area contributed by atoms with E-state index < -0.39 is 23.7 Å². The Kier molecular flexibility index (Phi) is 6.49. The minimum Gasteiger partial charge on any atom is -0.508 e. The highest BCUT2D eigenvalue weighted by molar-refractivity contribution is 9.12. The number of likely N-dealkylation sites (tertiary alicyclic amines) is 1. The standard InChI is InChI=1S/C31H26BrNO7/c1-39-23-10-16(34)11-24(40-2)28(23)27-17-8-9-18-25(19(17)12-20-26(27)22(35)13-21(32)29(20)36)31(38)33(30(18)37)14-15-6-4-3-5-7-15/h3-8,10-11,13,18-19,25,27,34H,9,12,14H2,1-2H3/t18-,19+,25-,27-/m0/s1. The summed E-state index contributed by atoms with van der Waals surface area (Å²) in [5.74, 6) is -3.14. The minimum atomic E-state index is -0.764. The number of carbonyl (C=O) groups is 4. The maximum absolute atomic E-state index is 13.9. The van der Waals surface area contributed by atoms with Crippen LogP contribution in [0.4, 0.5) is 0 Å². The summed E-state index contributed by atoms with van der Waals surface area (Å²) >= 11 is 3.24. The van der Waals surface area contributed by atoms with E-state index in [0.29, 0.717) is 23.1 Å². The Morgan fingerprint density at radius 2 is 1.65 bits per heavy atom. The van der Waals surface area contributed by atoms with Gasteiger partial charge in [0.25, 0.3) is 0 Å². The third kappa shape index (κ3) is 3.94. The molecule has 6 rings (SSSR count). The molecule has 2 aromatic carbocycles. The second-order valence-corrected chi connectivity index (χ2v) is 11.3. The number of nitrogens with zero attached hydrogens (tertiary/aromatic N) is 1. The zero-order valence-electron chi connectivity index (χ0n) is 21.8. The number of fused-ring (bicyclic) bond motifs is 3. The number of imide groups is 1. The molecule has 0 bridgehead atoms. The third-order valence-electron chi connectivity index (χ3n) is 8.42. The van der Waals surface area contributed by atoms with Crippen LogP contribution in [0.1, 0.15) is 29.9 Å². The fraction of sp³-hybridized carbons (Fsp3) is 0.290. The van der Waals surface area contributed by atoms with E-state index in [-0.39, 0.29) is 58.1 Å². The lowest BCUT2D eigenvalue weighted by atomic mass is 9.59. The van der Waals surface area contributed by atoms with Crippen LogP contribution in [0.2, 0.25) is 0 Å². The monoisotopic (exact) mass is 603 g/mol. The number of Topliss-reactive ketones (excluding diaryl/α,β-unsaturated/α-hetero) is 1. The number of carbonyl (C=O) groups excluding carboxylic acids is 4. The van der Waals surface area contributed by atoms with Crippen molar-refractivity contribution in [3.8, 4) is 17.2 Å². The van der Waals surface area contributed by atoms with Gasteiger partial charge in [-0.3, -0.25) is 24.1 Å². The van der Waals surface area contributed by atoms with Gasteiger partial charge in [-0.05, 0) is 40.3 Å². The van der Waals surface area contributed by atoms with Gasteiger partial charge in [0.15, 0.2) is 11.6 Å². The molecule has 0 aromatic heterocycles. The van der Waals surface area contributed by atoms with E-state index in [4.69, 9.17) is 9.47 Å². The van der Waals surface area contributed by atoms with Gasteiger partial charge in [0.2, 0.25) is 11.8 Å². The number of benzene rings is 2. The molecule has 1 N–H and O–H groups in total. The van der Waals surface area contributed by atoms with Gasteiger partial charge in [-0.1, -0.05) is 42.0 Å². The zero-order chi connectivity index (χ0) is 28.3. The van der Waals surface area contributed by atoms with Gasteiger partial charge in [-0.15, -0.1) is 0 Å². The highest BCUT2D eigenvalue weighted by Gasteiger charge is 2.56. The molecule has 2 aromatic rings. The molecule has 0 saturated carbocycles. The molecule has 0 radical (unpaired) electrons. The molecule has 204 valence electrons. The third-order valence-corrected chi connectivity index (χ3v) is 9.01. The molecule has 1 saturated heterocycles. The summed E-state index contributed by atoms with van der Waals surface area (Å²) in [6.45, 7) is 0.177. The van der Waals surface area contributed by atoms with E-state index in [1.54, 1.807) is 0 Å². The van der Waals surface area contributed by atoms with Crippen LogP contribution in [0.5, 0.6) is 17.2 Å². The zero-order valence-corrected chi connectivity index (χ0v) is 23.4. The van der Waals surface area contributed by atoms with Gasteiger partial charge in [-0.25, -0.2) is 0 Å². The molecule has 2 amide bonds. The number of rotatable bonds is 5. The first-order valence-electron chi connectivity index (χ1n) is 13.0. The Morgan fingerprint density at radius 3 is 2.30 bits per heavy atom. The SMILES string of the molecule is COc1cc(O)cc(OC)c1[C@H]1C2=CC[C@@H]3C(=O)N(Cc4ccccc4)C(=O)[C@@H]3[C@@H]2CC2=C1C(=O)C=C(Br)C2=O. The van der Waals surface area contributed by atoms with Crippen molar-refractivity contribution in [1.82, 2.24) is 4.90 Å². The predicted octanol–water partition coefficient (Wildman–Crippen LogP) is 4.37. The molecule has 9 heteroatoms. The van der Waals surface area contributed by atoms with Gasteiger partial charge >= 0.3 is 0 Å². The summed E-state index contributed by atoms with van der Waals surface area (Å²) in [7, 11) is 2.90. The normalized spacial score (nSPS) is 25.7. The Bertz CT molecular complexity index is 1550. The summed E-state index contributed by atoms with van der Waals surface area (Å²) in [5, 5.41) is 10.3. The Morgan fingerprint density at radius 1 is 0.975 bits per heavy atom. The van der Waals surface area contributed by atoms with Crippen LogP contribution >= 0.6 is 15.9 Å². The van der Waals surface area contributed by atoms with Crippen LogP contribution in [0.15, 0.2) is 75.8 Å². The number of ketones is 2. The van der Waals surface area contributed by atoms with E-state index >= 15 is 0 Å². The molecule has 0 spiro atoms. The van der Waals surface area contributed by atoms with Crippen molar-refractivity contribution in [3.63, 3.8) is 0 Å². The summed E-state index contributed by atoms with van der Waals surface area (Å²) in [6, 6.07) is 12.2. The van der Waals surface area contributed by atoms with Crippen LogP contribution in [-0.2, 0) is 25.7 Å². The summed E-state index contributed by atoms with van der Waals surface area (Å²) < 4.78 is 11.4. The van der Waals surface area contributed by atoms with Crippen molar-refractivity contribution in [2.24, 2.45) is 17.8 Å². The van der Waals surface area contributed by atoms with E-state index in [1.165, 1.54) is 37.3 Å². The molecule has 1 aliphatic heterocycles. The van der Waals surface area contributed by atoms with Crippen molar-refractivity contribution in [1.29, 1.82) is 0 Å². The largest absolute Gasteiger partial charge is 0.508 e. The molecule has 0 unspecified atom stereocenters. The van der Waals surface area contributed by atoms with Crippen LogP contribution in [0.25, 0.3) is 0 Å². The van der Waals surface area contributed by atoms with Crippen molar-refractivity contribution >= 4 is 39.3 Å². The lowest BCUT2D eigenvalue weighted by molar-refractivity contribution is -0.140. The van der Waals surface area contributed by atoms with Gasteiger partial charge in [0, 0.05) is 40.8 Å². The van der Waals surface area contributed by atoms with E-state index in [0.717, 1.165) is 11.1 Å². The number of allylic oxidation sites excluding steroid dienone is 6. The Balaban J connectivity index is 1.50. The number of hydrogen-bond donors (Lipinski definition) is 1. The van der Waals surface area contributed by atoms with E-state index in [1.807, 2.05) is 36.4 Å². The van der Waals surface area contributed by atoms with Gasteiger partial charge < -0.3 is 14.6 Å². The number of hydrogen-bond acceptors (Lipinski definition) is 7. The van der Waals surface area contributed by atoms with Gasteiger partial charge in [0.1, 0.15) is 17.2 Å². The number of amides is 2. The molecule has 1 heterocycles. The van der Waals surface area contributed by atoms with E-state index in [2.05, 4.69) is 15.9 Å². The smallest absolute Gasteiger partial charge is 0.234 e. The van der Waals surface area contributed by atoms with Crippen molar-refractivity contribution in [2.45, 2.75) is 25.3 Å². The summed E-state index contributed by atoms with van der Waals surface area (Å²) in [4.78, 5) is 55.7. The quantitative estimate of drug-likeness (QED) is 0.307. The highest BCUT2D eigenvalue weighted by atomic mass is 79.9. The van der Waals surface area contributed by atoms with Crippen LogP contribution in [-0.4, -0.2) is 47.6 Å². The van der Waals surface area contributed by atoms with Crippen LogP contribution in [0, 0.1) is 17.8 Å². The van der Waals surface area contributed by atoms with Crippen molar-refractivity contribution in [3.05, 3.63) is 86.9 Å². The fourth-order valence-electron chi connectivity index (χ4n) is 6.73. The van der Waals surface area contributed by atoms with Crippen LogP contribution < -0.4 is 9.47 Å². The van der Waals surface area contributed by atoms with E-state index in [9.17, 15) is 24.3 Å². The molecule has 3 aliphatic carbocycles. The minimum absolute atomic E-state index is 0.0847. The summed E-state index contributed by atoms with van der Waals surface area (Å²) in [6.07, 6.45) is 3.70. The average molecular weight is 604 g/mol. The first kappa shape index (κ1) is 26.3. The van der Waals surface area contributed by atoms with Gasteiger partial charge in [-0.2, -0.15) is 0 Å². The van der Waals surface area contributed by atoms with Crippen molar-refractivity contribution in [2.75, 3.05) is 14.2 Å². The Labute approximate surface area is 239 Å². The number of phenolic OH excluding ortho intramolecular Hbond substituents is 1. The predicted molar refractivity (Wildman–Crippen MR) is 148 cm³/mol. The maximum Gasteiger partial charge on any atom is 0.234 e. The topological polar surface area (TPSA) is 110 Å². The first-order chi connectivity index (χ1) is 19.2.